The number of carbonyl (C=O) groups is 2. The Labute approximate surface area is 171 Å². The zero-order chi connectivity index (χ0) is 23.2. The predicted octanol–water partition coefficient (Wildman–Crippen LogP) is 4.12. The van der Waals surface area contributed by atoms with Crippen LogP contribution in [0.4, 0.5) is 35.1 Å². The Morgan fingerprint density at radius 1 is 1.10 bits per heavy atom. The molecule has 2 aliphatic rings. The molecular formula is C19H16F8N2O2. The van der Waals surface area contributed by atoms with Crippen LogP contribution in [0.3, 0.4) is 0 Å². The first kappa shape index (κ1) is 23.0. The molecule has 2 aliphatic heterocycles. The van der Waals surface area contributed by atoms with E-state index in [2.05, 4.69) is 0 Å². The van der Waals surface area contributed by atoms with E-state index in [1.165, 1.54) is 0 Å². The summed E-state index contributed by atoms with van der Waals surface area (Å²) < 4.78 is 103. The smallest absolute Gasteiger partial charge is 0.327 e. The van der Waals surface area contributed by atoms with Crippen LogP contribution in [0.2, 0.25) is 0 Å². The van der Waals surface area contributed by atoms with Gasteiger partial charge in [-0.1, -0.05) is 6.07 Å². The van der Waals surface area contributed by atoms with E-state index in [0.29, 0.717) is 12.1 Å². The van der Waals surface area contributed by atoms with E-state index in [1.54, 1.807) is 0 Å². The summed E-state index contributed by atoms with van der Waals surface area (Å²) in [6.07, 6.45) is -9.46. The second-order valence-corrected chi connectivity index (χ2v) is 7.57. The molecule has 4 nitrogen and oxygen atoms in total. The van der Waals surface area contributed by atoms with Crippen LogP contribution in [0.5, 0.6) is 0 Å². The van der Waals surface area contributed by atoms with Gasteiger partial charge in [0.2, 0.25) is 11.8 Å². The summed E-state index contributed by atoms with van der Waals surface area (Å²) in [5, 5.41) is 0. The third-order valence-electron chi connectivity index (χ3n) is 4.93. The number of halogens is 8. The maximum absolute atomic E-state index is 13.1. The number of rotatable bonds is 4. The normalized spacial score (nSPS) is 21.7. The molecule has 2 saturated heterocycles. The SMILES string of the molecule is O=C1CC(c2cc(CC(F)(F)F)cc(C(F)(F)F)c2)CN1/C=C/C(=O)N1CC(F)(F)C1. The van der Waals surface area contributed by atoms with Gasteiger partial charge in [-0.3, -0.25) is 9.59 Å². The molecule has 3 rings (SSSR count). The number of hydrogen-bond donors (Lipinski definition) is 0. The van der Waals surface area contributed by atoms with Crippen LogP contribution in [0.25, 0.3) is 0 Å². The number of carbonyl (C=O) groups excluding carboxylic acids is 2. The second kappa shape index (κ2) is 7.79. The van der Waals surface area contributed by atoms with Gasteiger partial charge in [0.25, 0.3) is 5.92 Å². The summed E-state index contributed by atoms with van der Waals surface area (Å²) in [6, 6.07) is 2.12. The number of benzene rings is 1. The fourth-order valence-electron chi connectivity index (χ4n) is 3.48. The Bertz CT molecular complexity index is 899. The third-order valence-corrected chi connectivity index (χ3v) is 4.93. The molecule has 170 valence electrons. The first-order chi connectivity index (χ1) is 14.1. The van der Waals surface area contributed by atoms with E-state index in [-0.39, 0.29) is 18.5 Å². The molecule has 1 unspecified atom stereocenters. The highest BCUT2D eigenvalue weighted by molar-refractivity contribution is 5.89. The van der Waals surface area contributed by atoms with Crippen molar-refractivity contribution in [2.45, 2.75) is 37.0 Å². The minimum absolute atomic E-state index is 0.0768. The molecule has 0 spiro atoms. The lowest BCUT2D eigenvalue weighted by Gasteiger charge is -2.38. The van der Waals surface area contributed by atoms with Gasteiger partial charge in [0.15, 0.2) is 0 Å². The number of nitrogens with zero attached hydrogens (tertiary/aromatic N) is 2. The lowest BCUT2D eigenvalue weighted by Crippen LogP contribution is -2.58. The largest absolute Gasteiger partial charge is 0.416 e. The van der Waals surface area contributed by atoms with Gasteiger partial charge in [-0.2, -0.15) is 26.3 Å². The monoisotopic (exact) mass is 456 g/mol. The van der Waals surface area contributed by atoms with Crippen molar-refractivity contribution in [2.75, 3.05) is 19.6 Å². The molecule has 0 radical (unpaired) electrons. The standard InChI is InChI=1S/C19H16F8N2O2/c20-17(21)9-29(10-17)15(30)1-2-28-8-13(6-16(28)31)12-3-11(7-18(22,23)24)4-14(5-12)19(25,26)27/h1-5,13H,6-10H2/b2-1+. The summed E-state index contributed by atoms with van der Waals surface area (Å²) >= 11 is 0. The second-order valence-electron chi connectivity index (χ2n) is 7.57. The quantitative estimate of drug-likeness (QED) is 0.506. The number of alkyl halides is 8. The Morgan fingerprint density at radius 2 is 1.74 bits per heavy atom. The summed E-state index contributed by atoms with van der Waals surface area (Å²) in [5.74, 6) is -5.10. The van der Waals surface area contributed by atoms with Gasteiger partial charge in [0.1, 0.15) is 0 Å². The summed E-state index contributed by atoms with van der Waals surface area (Å²) in [5.41, 5.74) is -1.90. The summed E-state index contributed by atoms with van der Waals surface area (Å²) in [6.45, 7) is -1.66. The molecule has 1 aromatic rings. The molecule has 2 amide bonds. The molecular weight excluding hydrogens is 440 g/mol. The van der Waals surface area contributed by atoms with Gasteiger partial charge in [-0.05, 0) is 23.3 Å². The highest BCUT2D eigenvalue weighted by Crippen LogP contribution is 2.36. The van der Waals surface area contributed by atoms with E-state index in [9.17, 15) is 44.7 Å². The van der Waals surface area contributed by atoms with Crippen LogP contribution in [-0.2, 0) is 22.2 Å². The van der Waals surface area contributed by atoms with Crippen LogP contribution in [0.1, 0.15) is 29.0 Å². The van der Waals surface area contributed by atoms with Crippen molar-refractivity contribution in [3.05, 3.63) is 47.2 Å². The van der Waals surface area contributed by atoms with Gasteiger partial charge in [-0.25, -0.2) is 8.78 Å². The van der Waals surface area contributed by atoms with E-state index in [0.717, 1.165) is 28.1 Å². The van der Waals surface area contributed by atoms with Gasteiger partial charge in [0, 0.05) is 31.2 Å². The van der Waals surface area contributed by atoms with Gasteiger partial charge < -0.3 is 9.80 Å². The molecule has 31 heavy (non-hydrogen) atoms. The minimum Gasteiger partial charge on any atom is -0.327 e. The zero-order valence-electron chi connectivity index (χ0n) is 15.7. The summed E-state index contributed by atoms with van der Waals surface area (Å²) in [4.78, 5) is 25.8. The molecule has 0 aliphatic carbocycles. The topological polar surface area (TPSA) is 40.6 Å². The van der Waals surface area contributed by atoms with E-state index in [4.69, 9.17) is 0 Å². The summed E-state index contributed by atoms with van der Waals surface area (Å²) in [7, 11) is 0. The van der Waals surface area contributed by atoms with Gasteiger partial charge in [-0.15, -0.1) is 0 Å². The lowest BCUT2D eigenvalue weighted by molar-refractivity contribution is -0.160. The number of likely N-dealkylation sites (tertiary alicyclic amines) is 2. The van der Waals surface area contributed by atoms with Crippen LogP contribution >= 0.6 is 0 Å². The van der Waals surface area contributed by atoms with E-state index >= 15 is 0 Å². The fourth-order valence-corrected chi connectivity index (χ4v) is 3.48. The van der Waals surface area contributed by atoms with Crippen molar-refractivity contribution in [1.82, 2.24) is 9.80 Å². The average Bonchev–Trinajstić information content (AvgIpc) is 2.96. The number of hydrogen-bond acceptors (Lipinski definition) is 2. The molecule has 2 heterocycles. The lowest BCUT2D eigenvalue weighted by atomic mass is 9.93. The molecule has 2 fully saturated rings. The molecule has 0 aromatic heterocycles. The molecule has 0 N–H and O–H groups in total. The highest BCUT2D eigenvalue weighted by Gasteiger charge is 2.45. The predicted molar refractivity (Wildman–Crippen MR) is 90.9 cm³/mol. The first-order valence-electron chi connectivity index (χ1n) is 9.05. The first-order valence-corrected chi connectivity index (χ1v) is 9.05. The Morgan fingerprint density at radius 3 is 2.29 bits per heavy atom. The average molecular weight is 456 g/mol. The van der Waals surface area contributed by atoms with Crippen LogP contribution in [0, 0.1) is 0 Å². The van der Waals surface area contributed by atoms with E-state index in [1.807, 2.05) is 0 Å². The third kappa shape index (κ3) is 5.73. The van der Waals surface area contributed by atoms with Crippen molar-refractivity contribution in [1.29, 1.82) is 0 Å². The van der Waals surface area contributed by atoms with Crippen molar-refractivity contribution in [3.63, 3.8) is 0 Å². The molecule has 1 atom stereocenters. The van der Waals surface area contributed by atoms with Crippen molar-refractivity contribution >= 4 is 11.8 Å². The Hall–Kier alpha value is -2.66. The minimum atomic E-state index is -4.87. The molecule has 1 aromatic carbocycles. The Balaban J connectivity index is 1.75. The van der Waals surface area contributed by atoms with Crippen LogP contribution in [0.15, 0.2) is 30.5 Å². The molecule has 12 heteroatoms. The number of amides is 2. The van der Waals surface area contributed by atoms with Gasteiger partial charge in [0.05, 0.1) is 25.1 Å². The van der Waals surface area contributed by atoms with Crippen LogP contribution < -0.4 is 0 Å². The maximum Gasteiger partial charge on any atom is 0.416 e. The van der Waals surface area contributed by atoms with E-state index < -0.39 is 66.6 Å². The van der Waals surface area contributed by atoms with Gasteiger partial charge >= 0.3 is 12.4 Å². The zero-order valence-corrected chi connectivity index (χ0v) is 15.7. The molecule has 0 saturated carbocycles. The van der Waals surface area contributed by atoms with Crippen molar-refractivity contribution < 1.29 is 44.7 Å². The maximum atomic E-state index is 13.1. The Kier molecular flexibility index (Phi) is 5.78. The molecule has 0 bridgehead atoms. The fraction of sp³-hybridized carbons (Fsp3) is 0.474. The van der Waals surface area contributed by atoms with Crippen molar-refractivity contribution in [2.24, 2.45) is 0 Å². The highest BCUT2D eigenvalue weighted by atomic mass is 19.4. The van der Waals surface area contributed by atoms with Crippen LogP contribution in [-0.4, -0.2) is 53.3 Å². The van der Waals surface area contributed by atoms with Crippen molar-refractivity contribution in [3.8, 4) is 0 Å².